The second-order valence-electron chi connectivity index (χ2n) is 5.29. The van der Waals surface area contributed by atoms with Crippen molar-refractivity contribution < 1.29 is 0 Å². The zero-order valence-electron chi connectivity index (χ0n) is 10.9. The van der Waals surface area contributed by atoms with E-state index in [2.05, 4.69) is 59.6 Å². The highest BCUT2D eigenvalue weighted by Crippen LogP contribution is 2.23. The summed E-state index contributed by atoms with van der Waals surface area (Å²) >= 11 is 0. The molecule has 1 aliphatic rings. The van der Waals surface area contributed by atoms with Crippen LogP contribution < -0.4 is 10.2 Å². The van der Waals surface area contributed by atoms with Gasteiger partial charge in [0, 0.05) is 25.3 Å². The predicted molar refractivity (Wildman–Crippen MR) is 78.2 cm³/mol. The Morgan fingerprint density at radius 3 is 2.83 bits per heavy atom. The van der Waals surface area contributed by atoms with E-state index in [1.165, 1.54) is 16.5 Å². The van der Waals surface area contributed by atoms with Crippen molar-refractivity contribution in [2.45, 2.75) is 6.92 Å². The molecule has 1 fully saturated rings. The largest absolute Gasteiger partial charge is 0.370 e. The Morgan fingerprint density at radius 1 is 1.11 bits per heavy atom. The van der Waals surface area contributed by atoms with Crippen molar-refractivity contribution in [2.75, 3.05) is 31.1 Å². The van der Waals surface area contributed by atoms with Crippen molar-refractivity contribution in [3.63, 3.8) is 0 Å². The van der Waals surface area contributed by atoms with E-state index in [0.717, 1.165) is 26.2 Å². The third-order valence-corrected chi connectivity index (χ3v) is 3.68. The van der Waals surface area contributed by atoms with Crippen LogP contribution in [0.15, 0.2) is 42.5 Å². The maximum absolute atomic E-state index is 3.49. The van der Waals surface area contributed by atoms with Gasteiger partial charge in [-0.05, 0) is 35.4 Å². The first kappa shape index (κ1) is 11.5. The van der Waals surface area contributed by atoms with Crippen molar-refractivity contribution in [1.29, 1.82) is 0 Å². The maximum atomic E-state index is 3.49. The minimum atomic E-state index is 0.707. The van der Waals surface area contributed by atoms with Crippen LogP contribution in [-0.2, 0) is 0 Å². The van der Waals surface area contributed by atoms with Gasteiger partial charge in [-0.2, -0.15) is 0 Å². The van der Waals surface area contributed by atoms with Crippen molar-refractivity contribution in [3.05, 3.63) is 42.5 Å². The number of hydrogen-bond donors (Lipinski definition) is 1. The number of anilines is 1. The molecule has 1 N–H and O–H groups in total. The molecule has 1 unspecified atom stereocenters. The molecule has 1 aliphatic heterocycles. The van der Waals surface area contributed by atoms with Gasteiger partial charge in [-0.1, -0.05) is 37.3 Å². The van der Waals surface area contributed by atoms with Crippen LogP contribution in [0.5, 0.6) is 0 Å². The van der Waals surface area contributed by atoms with E-state index in [0.29, 0.717) is 5.92 Å². The lowest BCUT2D eigenvalue weighted by molar-refractivity contribution is 0.564. The SMILES string of the molecule is CC1CNCCN(c2ccc3ccccc3c2)C1. The fourth-order valence-corrected chi connectivity index (χ4v) is 2.70. The molecule has 2 aromatic rings. The van der Waals surface area contributed by atoms with Gasteiger partial charge >= 0.3 is 0 Å². The van der Waals surface area contributed by atoms with E-state index in [1.54, 1.807) is 0 Å². The zero-order valence-corrected chi connectivity index (χ0v) is 10.9. The average Bonchev–Trinajstić information content (AvgIpc) is 2.63. The number of rotatable bonds is 1. The van der Waals surface area contributed by atoms with E-state index in [-0.39, 0.29) is 0 Å². The van der Waals surface area contributed by atoms with Crippen LogP contribution in [0.2, 0.25) is 0 Å². The minimum absolute atomic E-state index is 0.707. The summed E-state index contributed by atoms with van der Waals surface area (Å²) in [5.74, 6) is 0.707. The number of nitrogens with zero attached hydrogens (tertiary/aromatic N) is 1. The molecule has 0 bridgehead atoms. The Balaban J connectivity index is 1.92. The fraction of sp³-hybridized carbons (Fsp3) is 0.375. The van der Waals surface area contributed by atoms with Crippen LogP contribution in [-0.4, -0.2) is 26.2 Å². The van der Waals surface area contributed by atoms with Gasteiger partial charge in [-0.25, -0.2) is 0 Å². The summed E-state index contributed by atoms with van der Waals surface area (Å²) in [5.41, 5.74) is 1.35. The fourth-order valence-electron chi connectivity index (χ4n) is 2.70. The molecule has 94 valence electrons. The van der Waals surface area contributed by atoms with Crippen molar-refractivity contribution in [3.8, 4) is 0 Å². The van der Waals surface area contributed by atoms with E-state index in [1.807, 2.05) is 0 Å². The predicted octanol–water partition coefficient (Wildman–Crippen LogP) is 2.89. The molecular weight excluding hydrogens is 220 g/mol. The summed E-state index contributed by atoms with van der Waals surface area (Å²) < 4.78 is 0. The Kier molecular flexibility index (Phi) is 3.20. The third-order valence-electron chi connectivity index (χ3n) is 3.68. The minimum Gasteiger partial charge on any atom is -0.370 e. The van der Waals surface area contributed by atoms with E-state index in [9.17, 15) is 0 Å². The summed E-state index contributed by atoms with van der Waals surface area (Å²) in [7, 11) is 0. The molecule has 1 heterocycles. The maximum Gasteiger partial charge on any atom is 0.0373 e. The van der Waals surface area contributed by atoms with Crippen molar-refractivity contribution >= 4 is 16.5 Å². The molecular formula is C16H20N2. The lowest BCUT2D eigenvalue weighted by atomic mass is 10.1. The molecule has 0 aromatic heterocycles. The Bertz CT molecular complexity index is 535. The Hall–Kier alpha value is -1.54. The van der Waals surface area contributed by atoms with Crippen molar-refractivity contribution in [2.24, 2.45) is 5.92 Å². The van der Waals surface area contributed by atoms with Crippen LogP contribution in [0.1, 0.15) is 6.92 Å². The summed E-state index contributed by atoms with van der Waals surface area (Å²) in [6, 6.07) is 15.4. The Morgan fingerprint density at radius 2 is 1.94 bits per heavy atom. The van der Waals surface area contributed by atoms with Crippen LogP contribution >= 0.6 is 0 Å². The molecule has 1 saturated heterocycles. The lowest BCUT2D eigenvalue weighted by Gasteiger charge is -2.24. The monoisotopic (exact) mass is 240 g/mol. The van der Waals surface area contributed by atoms with Crippen LogP contribution in [0.25, 0.3) is 10.8 Å². The number of hydrogen-bond acceptors (Lipinski definition) is 2. The highest BCUT2D eigenvalue weighted by Gasteiger charge is 2.14. The highest BCUT2D eigenvalue weighted by atomic mass is 15.2. The topological polar surface area (TPSA) is 15.3 Å². The summed E-state index contributed by atoms with van der Waals surface area (Å²) in [4.78, 5) is 2.50. The molecule has 0 saturated carbocycles. The molecule has 1 atom stereocenters. The first-order valence-corrected chi connectivity index (χ1v) is 6.77. The normalized spacial score (nSPS) is 20.9. The number of nitrogens with one attached hydrogen (secondary N) is 1. The number of fused-ring (bicyclic) bond motifs is 1. The van der Waals surface area contributed by atoms with Gasteiger partial charge < -0.3 is 10.2 Å². The van der Waals surface area contributed by atoms with E-state index < -0.39 is 0 Å². The molecule has 2 heteroatoms. The third kappa shape index (κ3) is 2.34. The second-order valence-corrected chi connectivity index (χ2v) is 5.29. The molecule has 2 aromatic carbocycles. The molecule has 0 amide bonds. The van der Waals surface area contributed by atoms with Gasteiger partial charge in [0.1, 0.15) is 0 Å². The summed E-state index contributed by atoms with van der Waals surface area (Å²) in [5, 5.41) is 6.15. The van der Waals surface area contributed by atoms with Crippen LogP contribution in [0, 0.1) is 5.92 Å². The van der Waals surface area contributed by atoms with E-state index >= 15 is 0 Å². The summed E-state index contributed by atoms with van der Waals surface area (Å²) in [6.45, 7) is 6.77. The number of benzene rings is 2. The van der Waals surface area contributed by atoms with Crippen molar-refractivity contribution in [1.82, 2.24) is 5.32 Å². The van der Waals surface area contributed by atoms with Crippen LogP contribution in [0.4, 0.5) is 5.69 Å². The molecule has 0 spiro atoms. The van der Waals surface area contributed by atoms with Gasteiger partial charge in [-0.3, -0.25) is 0 Å². The average molecular weight is 240 g/mol. The first-order chi connectivity index (χ1) is 8.83. The highest BCUT2D eigenvalue weighted by molar-refractivity contribution is 5.85. The molecule has 3 rings (SSSR count). The summed E-state index contributed by atoms with van der Waals surface area (Å²) in [6.07, 6.45) is 0. The van der Waals surface area contributed by atoms with Gasteiger partial charge in [-0.15, -0.1) is 0 Å². The Labute approximate surface area is 109 Å². The molecule has 18 heavy (non-hydrogen) atoms. The lowest BCUT2D eigenvalue weighted by Crippen LogP contribution is -2.29. The van der Waals surface area contributed by atoms with Gasteiger partial charge in [0.05, 0.1) is 0 Å². The van der Waals surface area contributed by atoms with Gasteiger partial charge in [0.25, 0.3) is 0 Å². The molecule has 0 aliphatic carbocycles. The molecule has 2 nitrogen and oxygen atoms in total. The smallest absolute Gasteiger partial charge is 0.0373 e. The van der Waals surface area contributed by atoms with E-state index in [4.69, 9.17) is 0 Å². The second kappa shape index (κ2) is 4.99. The first-order valence-electron chi connectivity index (χ1n) is 6.77. The molecule has 0 radical (unpaired) electrons. The van der Waals surface area contributed by atoms with Gasteiger partial charge in [0.2, 0.25) is 0 Å². The van der Waals surface area contributed by atoms with Crippen LogP contribution in [0.3, 0.4) is 0 Å². The standard InChI is InChI=1S/C16H20N2/c1-13-11-17-8-9-18(12-13)16-7-6-14-4-2-3-5-15(14)10-16/h2-7,10,13,17H,8-9,11-12H2,1H3. The van der Waals surface area contributed by atoms with Gasteiger partial charge in [0.15, 0.2) is 0 Å². The quantitative estimate of drug-likeness (QED) is 0.824. The zero-order chi connectivity index (χ0) is 12.4.